The van der Waals surface area contributed by atoms with E-state index >= 15 is 0 Å². The lowest BCUT2D eigenvalue weighted by Crippen LogP contribution is -2.46. The highest BCUT2D eigenvalue weighted by Crippen LogP contribution is 2.37. The van der Waals surface area contributed by atoms with Crippen molar-refractivity contribution in [2.45, 2.75) is 51.3 Å². The number of esters is 1. The smallest absolute Gasteiger partial charge is 0.329 e. The van der Waals surface area contributed by atoms with Gasteiger partial charge in [0, 0.05) is 0 Å². The van der Waals surface area contributed by atoms with Gasteiger partial charge in [-0.2, -0.15) is 0 Å². The van der Waals surface area contributed by atoms with Crippen LogP contribution < -0.4 is 5.73 Å². The summed E-state index contributed by atoms with van der Waals surface area (Å²) < 4.78 is 5.46. The molecule has 0 aromatic heterocycles. The van der Waals surface area contributed by atoms with Crippen LogP contribution in [-0.2, 0) is 14.3 Å². The predicted octanol–water partition coefficient (Wildman–Crippen LogP) is 2.02. The van der Waals surface area contributed by atoms with E-state index in [4.69, 9.17) is 10.5 Å². The Hall–Kier alpha value is -1.88. The number of rotatable bonds is 3. The van der Waals surface area contributed by atoms with Crippen molar-refractivity contribution >= 4 is 11.9 Å². The molecule has 0 radical (unpaired) electrons. The Kier molecular flexibility index (Phi) is 4.86. The highest BCUT2D eigenvalue weighted by atomic mass is 16.6. The Labute approximate surface area is 131 Å². The summed E-state index contributed by atoms with van der Waals surface area (Å²) in [4.78, 5) is 26.3. The number of carbonyl (C=O) groups excluding carboxylic acids is 2. The van der Waals surface area contributed by atoms with E-state index in [0.717, 1.165) is 12.0 Å². The van der Waals surface area contributed by atoms with E-state index in [9.17, 15) is 9.59 Å². The van der Waals surface area contributed by atoms with Crippen LogP contribution >= 0.6 is 0 Å². The van der Waals surface area contributed by atoms with Gasteiger partial charge in [-0.25, -0.2) is 4.79 Å². The van der Waals surface area contributed by atoms with Crippen LogP contribution in [0.15, 0.2) is 30.3 Å². The SMILES string of the molecule is CC(C)(C)OC(=O)C1CCC(c2ccccc2)N1C(=O)CN. The number of nitrogens with two attached hydrogens (primary N) is 1. The van der Waals surface area contributed by atoms with Crippen LogP contribution in [0.1, 0.15) is 45.2 Å². The van der Waals surface area contributed by atoms with Gasteiger partial charge in [0.15, 0.2) is 0 Å². The molecule has 1 aromatic rings. The van der Waals surface area contributed by atoms with Gasteiger partial charge in [-0.15, -0.1) is 0 Å². The lowest BCUT2D eigenvalue weighted by Gasteiger charge is -2.31. The fraction of sp³-hybridized carbons (Fsp3) is 0.529. The Balaban J connectivity index is 2.25. The van der Waals surface area contributed by atoms with Crippen molar-refractivity contribution < 1.29 is 14.3 Å². The van der Waals surface area contributed by atoms with E-state index in [1.54, 1.807) is 4.90 Å². The van der Waals surface area contributed by atoms with Crippen molar-refractivity contribution in [3.8, 4) is 0 Å². The van der Waals surface area contributed by atoms with Crippen LogP contribution in [0.3, 0.4) is 0 Å². The maximum Gasteiger partial charge on any atom is 0.329 e. The van der Waals surface area contributed by atoms with Gasteiger partial charge in [0.25, 0.3) is 0 Å². The number of nitrogens with zero attached hydrogens (tertiary/aromatic N) is 1. The van der Waals surface area contributed by atoms with Crippen molar-refractivity contribution in [3.63, 3.8) is 0 Å². The Morgan fingerprint density at radius 3 is 2.41 bits per heavy atom. The normalized spacial score (nSPS) is 21.7. The zero-order valence-electron chi connectivity index (χ0n) is 13.4. The standard InChI is InChI=1S/C17H24N2O3/c1-17(2,3)22-16(21)14-10-9-13(19(14)15(20)11-18)12-7-5-4-6-8-12/h4-8,13-14H,9-11,18H2,1-3H3. The molecule has 1 saturated heterocycles. The first kappa shape index (κ1) is 16.5. The lowest BCUT2D eigenvalue weighted by molar-refractivity contribution is -0.164. The second kappa shape index (κ2) is 6.48. The second-order valence-electron chi connectivity index (χ2n) is 6.56. The fourth-order valence-corrected chi connectivity index (χ4v) is 2.87. The van der Waals surface area contributed by atoms with Gasteiger partial charge in [-0.1, -0.05) is 30.3 Å². The van der Waals surface area contributed by atoms with Crippen LogP contribution in [0.5, 0.6) is 0 Å². The van der Waals surface area contributed by atoms with Crippen molar-refractivity contribution in [1.29, 1.82) is 0 Å². The maximum atomic E-state index is 12.4. The highest BCUT2D eigenvalue weighted by molar-refractivity contribution is 5.86. The number of carbonyl (C=O) groups is 2. The van der Waals surface area contributed by atoms with E-state index in [1.165, 1.54) is 0 Å². The van der Waals surface area contributed by atoms with Crippen LogP contribution in [-0.4, -0.2) is 35.0 Å². The Morgan fingerprint density at radius 2 is 1.86 bits per heavy atom. The van der Waals surface area contributed by atoms with Crippen molar-refractivity contribution in [2.75, 3.05) is 6.54 Å². The minimum absolute atomic E-state index is 0.109. The van der Waals surface area contributed by atoms with E-state index in [1.807, 2.05) is 51.1 Å². The number of ether oxygens (including phenoxy) is 1. The first-order valence-corrected chi connectivity index (χ1v) is 7.62. The topological polar surface area (TPSA) is 72.6 Å². The van der Waals surface area contributed by atoms with E-state index in [2.05, 4.69) is 0 Å². The van der Waals surface area contributed by atoms with Crippen molar-refractivity contribution in [2.24, 2.45) is 5.73 Å². The molecule has 22 heavy (non-hydrogen) atoms. The molecular weight excluding hydrogens is 280 g/mol. The van der Waals surface area contributed by atoms with Crippen LogP contribution in [0, 0.1) is 0 Å². The number of amides is 1. The first-order valence-electron chi connectivity index (χ1n) is 7.62. The molecule has 2 rings (SSSR count). The summed E-state index contributed by atoms with van der Waals surface area (Å²) in [7, 11) is 0. The van der Waals surface area contributed by atoms with Crippen LogP contribution in [0.2, 0.25) is 0 Å². The van der Waals surface area contributed by atoms with E-state index in [-0.39, 0.29) is 24.5 Å². The third-order valence-electron chi connectivity index (χ3n) is 3.71. The van der Waals surface area contributed by atoms with E-state index in [0.29, 0.717) is 6.42 Å². The van der Waals surface area contributed by atoms with Gasteiger partial charge < -0.3 is 15.4 Å². The summed E-state index contributed by atoms with van der Waals surface area (Å²) in [5, 5.41) is 0. The summed E-state index contributed by atoms with van der Waals surface area (Å²) >= 11 is 0. The molecule has 2 atom stereocenters. The fourth-order valence-electron chi connectivity index (χ4n) is 2.87. The molecule has 1 aliphatic heterocycles. The van der Waals surface area contributed by atoms with Gasteiger partial charge in [-0.3, -0.25) is 4.79 Å². The van der Waals surface area contributed by atoms with Crippen molar-refractivity contribution in [3.05, 3.63) is 35.9 Å². The molecule has 5 heteroatoms. The molecule has 0 spiro atoms. The third kappa shape index (κ3) is 3.65. The number of hydrogen-bond acceptors (Lipinski definition) is 4. The molecular formula is C17H24N2O3. The third-order valence-corrected chi connectivity index (χ3v) is 3.71. The van der Waals surface area contributed by atoms with Crippen molar-refractivity contribution in [1.82, 2.24) is 4.90 Å². The number of hydrogen-bond donors (Lipinski definition) is 1. The average Bonchev–Trinajstić information content (AvgIpc) is 2.90. The molecule has 2 N–H and O–H groups in total. The van der Waals surface area contributed by atoms with E-state index < -0.39 is 11.6 Å². The molecule has 1 amide bonds. The first-order chi connectivity index (χ1) is 10.3. The van der Waals surface area contributed by atoms with Gasteiger partial charge in [0.2, 0.25) is 5.91 Å². The molecule has 1 aliphatic rings. The molecule has 0 saturated carbocycles. The monoisotopic (exact) mass is 304 g/mol. The van der Waals surface area contributed by atoms with Crippen LogP contribution in [0.4, 0.5) is 0 Å². The summed E-state index contributed by atoms with van der Waals surface area (Å²) in [6.07, 6.45) is 1.33. The van der Waals surface area contributed by atoms with Crippen LogP contribution in [0.25, 0.3) is 0 Å². The van der Waals surface area contributed by atoms with Gasteiger partial charge in [-0.05, 0) is 39.2 Å². The zero-order valence-corrected chi connectivity index (χ0v) is 13.4. The average molecular weight is 304 g/mol. The molecule has 0 bridgehead atoms. The summed E-state index contributed by atoms with van der Waals surface area (Å²) in [5.74, 6) is -0.574. The summed E-state index contributed by atoms with van der Waals surface area (Å²) in [6.45, 7) is 5.36. The van der Waals surface area contributed by atoms with Gasteiger partial charge >= 0.3 is 5.97 Å². The summed E-state index contributed by atoms with van der Waals surface area (Å²) in [5.41, 5.74) is 5.99. The minimum Gasteiger partial charge on any atom is -0.458 e. The lowest BCUT2D eigenvalue weighted by atomic mass is 10.0. The van der Waals surface area contributed by atoms with Gasteiger partial charge in [0.1, 0.15) is 11.6 Å². The molecule has 1 aromatic carbocycles. The second-order valence-corrected chi connectivity index (χ2v) is 6.56. The molecule has 2 unspecified atom stereocenters. The number of benzene rings is 1. The Bertz CT molecular complexity index is 537. The largest absolute Gasteiger partial charge is 0.458 e. The maximum absolute atomic E-state index is 12.4. The quantitative estimate of drug-likeness (QED) is 0.867. The molecule has 1 heterocycles. The zero-order chi connectivity index (χ0) is 16.3. The predicted molar refractivity (Wildman–Crippen MR) is 84.0 cm³/mol. The highest BCUT2D eigenvalue weighted by Gasteiger charge is 2.42. The molecule has 5 nitrogen and oxygen atoms in total. The molecule has 0 aliphatic carbocycles. The molecule has 1 fully saturated rings. The Morgan fingerprint density at radius 1 is 1.23 bits per heavy atom. The number of likely N-dealkylation sites (tertiary alicyclic amines) is 1. The summed E-state index contributed by atoms with van der Waals surface area (Å²) in [6, 6.07) is 9.06. The molecule has 120 valence electrons. The van der Waals surface area contributed by atoms with Gasteiger partial charge in [0.05, 0.1) is 12.6 Å². The minimum atomic E-state index is -0.570.